The second-order valence-electron chi connectivity index (χ2n) is 5.37. The van der Waals surface area contributed by atoms with Gasteiger partial charge in [-0.3, -0.25) is 9.59 Å². The lowest BCUT2D eigenvalue weighted by atomic mass is 10.1. The Balaban J connectivity index is 1.49. The number of thioether (sulfide) groups is 1. The average Bonchev–Trinajstić information content (AvgIpc) is 3.02. The normalized spacial score (nSPS) is 12.0. The number of ether oxygens (including phenoxy) is 2. The Labute approximate surface area is 144 Å². The van der Waals surface area contributed by atoms with Gasteiger partial charge in [0, 0.05) is 17.0 Å². The Morgan fingerprint density at radius 1 is 1.12 bits per heavy atom. The molecular weight excluding hydrogens is 326 g/mol. The summed E-state index contributed by atoms with van der Waals surface area (Å²) in [6.07, 6.45) is 0. The maximum absolute atomic E-state index is 12.0. The number of benzene rings is 2. The zero-order chi connectivity index (χ0) is 16.9. The SMILES string of the molecule is CC(=O)c1cccc(NC(=O)CSCc2ccc3c(c2)OCO3)c1. The van der Waals surface area contributed by atoms with Crippen LogP contribution in [0.1, 0.15) is 22.8 Å². The summed E-state index contributed by atoms with van der Waals surface area (Å²) in [5.74, 6) is 2.42. The van der Waals surface area contributed by atoms with E-state index in [1.165, 1.54) is 18.7 Å². The molecule has 0 atom stereocenters. The van der Waals surface area contributed by atoms with Crippen LogP contribution in [0.25, 0.3) is 0 Å². The predicted octanol–water partition coefficient (Wildman–Crippen LogP) is 3.49. The number of anilines is 1. The fraction of sp³-hybridized carbons (Fsp3) is 0.222. The van der Waals surface area contributed by atoms with E-state index in [2.05, 4.69) is 5.32 Å². The van der Waals surface area contributed by atoms with E-state index in [-0.39, 0.29) is 18.5 Å². The van der Waals surface area contributed by atoms with Gasteiger partial charge in [0.05, 0.1) is 5.75 Å². The van der Waals surface area contributed by atoms with Gasteiger partial charge in [-0.05, 0) is 36.8 Å². The lowest BCUT2D eigenvalue weighted by Gasteiger charge is -2.07. The highest BCUT2D eigenvalue weighted by atomic mass is 32.2. The van der Waals surface area contributed by atoms with Crippen LogP contribution < -0.4 is 14.8 Å². The molecule has 3 rings (SSSR count). The van der Waals surface area contributed by atoms with Crippen LogP contribution >= 0.6 is 11.8 Å². The van der Waals surface area contributed by atoms with Gasteiger partial charge in [-0.2, -0.15) is 0 Å². The number of hydrogen-bond donors (Lipinski definition) is 1. The summed E-state index contributed by atoms with van der Waals surface area (Å²) in [5, 5.41) is 2.81. The van der Waals surface area contributed by atoms with Gasteiger partial charge in [0.25, 0.3) is 0 Å². The van der Waals surface area contributed by atoms with Crippen LogP contribution in [-0.4, -0.2) is 24.2 Å². The largest absolute Gasteiger partial charge is 0.454 e. The monoisotopic (exact) mass is 343 g/mol. The lowest BCUT2D eigenvalue weighted by Crippen LogP contribution is -2.14. The van der Waals surface area contributed by atoms with Gasteiger partial charge in [-0.15, -0.1) is 11.8 Å². The molecule has 0 saturated carbocycles. The highest BCUT2D eigenvalue weighted by Crippen LogP contribution is 2.33. The Kier molecular flexibility index (Phi) is 5.05. The molecule has 124 valence electrons. The van der Waals surface area contributed by atoms with E-state index in [0.29, 0.717) is 22.8 Å². The number of hydrogen-bond acceptors (Lipinski definition) is 5. The molecule has 5 nitrogen and oxygen atoms in total. The topological polar surface area (TPSA) is 64.6 Å². The zero-order valence-electron chi connectivity index (χ0n) is 13.2. The molecule has 0 spiro atoms. The molecule has 0 fully saturated rings. The number of ketones is 1. The standard InChI is InChI=1S/C18H17NO4S/c1-12(20)14-3-2-4-15(8-14)19-18(21)10-24-9-13-5-6-16-17(7-13)23-11-22-16/h2-8H,9-11H2,1H3,(H,19,21). The lowest BCUT2D eigenvalue weighted by molar-refractivity contribution is -0.113. The predicted molar refractivity (Wildman–Crippen MR) is 93.8 cm³/mol. The van der Waals surface area contributed by atoms with E-state index in [1.54, 1.807) is 24.3 Å². The van der Waals surface area contributed by atoms with E-state index < -0.39 is 0 Å². The minimum absolute atomic E-state index is 0.0247. The average molecular weight is 343 g/mol. The highest BCUT2D eigenvalue weighted by molar-refractivity contribution is 7.99. The third kappa shape index (κ3) is 4.08. The molecule has 0 saturated heterocycles. The van der Waals surface area contributed by atoms with Gasteiger partial charge in [0.2, 0.25) is 12.7 Å². The molecule has 0 aliphatic carbocycles. The second-order valence-corrected chi connectivity index (χ2v) is 6.35. The van der Waals surface area contributed by atoms with Gasteiger partial charge >= 0.3 is 0 Å². The molecule has 1 heterocycles. The van der Waals surface area contributed by atoms with Crippen molar-refractivity contribution in [1.82, 2.24) is 0 Å². The molecule has 0 aromatic heterocycles. The molecular formula is C18H17NO4S. The maximum Gasteiger partial charge on any atom is 0.234 e. The summed E-state index contributed by atoms with van der Waals surface area (Å²) in [6, 6.07) is 12.7. The molecule has 0 bridgehead atoms. The molecule has 2 aromatic rings. The summed E-state index contributed by atoms with van der Waals surface area (Å²) >= 11 is 1.51. The molecule has 0 radical (unpaired) electrons. The molecule has 1 N–H and O–H groups in total. The minimum atomic E-state index is -0.0959. The van der Waals surface area contributed by atoms with Crippen LogP contribution in [0, 0.1) is 0 Å². The maximum atomic E-state index is 12.0. The summed E-state index contributed by atoms with van der Waals surface area (Å²) in [5.41, 5.74) is 2.30. The van der Waals surface area contributed by atoms with Crippen molar-refractivity contribution < 1.29 is 19.1 Å². The van der Waals surface area contributed by atoms with E-state index in [9.17, 15) is 9.59 Å². The fourth-order valence-corrected chi connectivity index (χ4v) is 3.08. The van der Waals surface area contributed by atoms with Crippen LogP contribution in [0.15, 0.2) is 42.5 Å². The van der Waals surface area contributed by atoms with Gasteiger partial charge in [-0.25, -0.2) is 0 Å². The number of fused-ring (bicyclic) bond motifs is 1. The van der Waals surface area contributed by atoms with Crippen LogP contribution in [-0.2, 0) is 10.5 Å². The quantitative estimate of drug-likeness (QED) is 0.814. The van der Waals surface area contributed by atoms with Crippen molar-refractivity contribution in [3.8, 4) is 11.5 Å². The first-order valence-electron chi connectivity index (χ1n) is 7.49. The van der Waals surface area contributed by atoms with Crippen molar-refractivity contribution in [3.05, 3.63) is 53.6 Å². The van der Waals surface area contributed by atoms with Gasteiger partial charge in [0.1, 0.15) is 0 Å². The molecule has 1 aliphatic rings. The van der Waals surface area contributed by atoms with E-state index >= 15 is 0 Å². The molecule has 1 amide bonds. The third-order valence-corrected chi connectivity index (χ3v) is 4.50. The van der Waals surface area contributed by atoms with Crippen LogP contribution in [0.2, 0.25) is 0 Å². The van der Waals surface area contributed by atoms with Crippen LogP contribution in [0.3, 0.4) is 0 Å². The Bertz CT molecular complexity index is 775. The van der Waals surface area contributed by atoms with Gasteiger partial charge < -0.3 is 14.8 Å². The number of nitrogens with one attached hydrogen (secondary N) is 1. The first-order chi connectivity index (χ1) is 11.6. The number of amides is 1. The van der Waals surface area contributed by atoms with E-state index in [1.807, 2.05) is 18.2 Å². The molecule has 1 aliphatic heterocycles. The number of rotatable bonds is 6. The first-order valence-corrected chi connectivity index (χ1v) is 8.64. The van der Waals surface area contributed by atoms with Crippen molar-refractivity contribution in [3.63, 3.8) is 0 Å². The van der Waals surface area contributed by atoms with Crippen molar-refractivity contribution in [2.45, 2.75) is 12.7 Å². The number of carbonyl (C=O) groups is 2. The smallest absolute Gasteiger partial charge is 0.234 e. The third-order valence-electron chi connectivity index (χ3n) is 3.49. The molecule has 0 unspecified atom stereocenters. The number of Topliss-reactive ketones (excluding diaryl/α,β-unsaturated/α-hetero) is 1. The van der Waals surface area contributed by atoms with E-state index in [0.717, 1.165) is 17.1 Å². The number of carbonyl (C=O) groups excluding carboxylic acids is 2. The summed E-state index contributed by atoms with van der Waals surface area (Å²) in [4.78, 5) is 23.4. The fourth-order valence-electron chi connectivity index (χ4n) is 2.31. The van der Waals surface area contributed by atoms with Crippen molar-refractivity contribution >= 4 is 29.1 Å². The zero-order valence-corrected chi connectivity index (χ0v) is 14.0. The minimum Gasteiger partial charge on any atom is -0.454 e. The second kappa shape index (κ2) is 7.40. The highest BCUT2D eigenvalue weighted by Gasteiger charge is 2.13. The summed E-state index contributed by atoms with van der Waals surface area (Å²) in [7, 11) is 0. The van der Waals surface area contributed by atoms with E-state index in [4.69, 9.17) is 9.47 Å². The molecule has 6 heteroatoms. The van der Waals surface area contributed by atoms with Crippen LogP contribution in [0.4, 0.5) is 5.69 Å². The first kappa shape index (κ1) is 16.4. The summed E-state index contributed by atoms with van der Waals surface area (Å²) < 4.78 is 10.6. The summed E-state index contributed by atoms with van der Waals surface area (Å²) in [6.45, 7) is 1.76. The van der Waals surface area contributed by atoms with Crippen LogP contribution in [0.5, 0.6) is 11.5 Å². The Morgan fingerprint density at radius 3 is 2.79 bits per heavy atom. The van der Waals surface area contributed by atoms with Crippen molar-refractivity contribution in [2.75, 3.05) is 17.9 Å². The Hall–Kier alpha value is -2.47. The van der Waals surface area contributed by atoms with Crippen molar-refractivity contribution in [1.29, 1.82) is 0 Å². The van der Waals surface area contributed by atoms with Crippen molar-refractivity contribution in [2.24, 2.45) is 0 Å². The molecule has 2 aromatic carbocycles. The van der Waals surface area contributed by atoms with Gasteiger partial charge in [0.15, 0.2) is 17.3 Å². The Morgan fingerprint density at radius 2 is 1.96 bits per heavy atom. The molecule has 24 heavy (non-hydrogen) atoms. The van der Waals surface area contributed by atoms with Gasteiger partial charge in [-0.1, -0.05) is 18.2 Å².